The van der Waals surface area contributed by atoms with Crippen LogP contribution in [-0.4, -0.2) is 54.3 Å². The smallest absolute Gasteiger partial charge is 0.124 e. The van der Waals surface area contributed by atoms with Gasteiger partial charge in [-0.3, -0.25) is 4.98 Å². The second-order valence-electron chi connectivity index (χ2n) is 6.01. The molecule has 0 saturated carbocycles. The van der Waals surface area contributed by atoms with Gasteiger partial charge in [-0.25, -0.2) is 0 Å². The Labute approximate surface area is 156 Å². The molecule has 0 bridgehead atoms. The number of hydrogen-bond acceptors (Lipinski definition) is 5. The molecule has 25 heavy (non-hydrogen) atoms. The lowest BCUT2D eigenvalue weighted by molar-refractivity contribution is 0.196. The van der Waals surface area contributed by atoms with Crippen LogP contribution >= 0.6 is 12.2 Å². The minimum absolute atomic E-state index is 0.666. The minimum Gasteiger partial charge on any atom is -0.497 e. The molecular weight excluding hydrogens is 332 g/mol. The first-order valence-electron chi connectivity index (χ1n) is 9.14. The average Bonchev–Trinajstić information content (AvgIpc) is 2.68. The zero-order valence-corrected chi connectivity index (χ0v) is 16.6. The highest BCUT2D eigenvalue weighted by molar-refractivity contribution is 7.71. The molecule has 5 nitrogen and oxygen atoms in total. The quantitative estimate of drug-likeness (QED) is 0.825. The number of nitrogens with zero attached hydrogens (tertiary/aromatic N) is 3. The normalized spacial score (nSPS) is 15.7. The van der Waals surface area contributed by atoms with Gasteiger partial charge >= 0.3 is 0 Å². The number of rotatable bonds is 5. The summed E-state index contributed by atoms with van der Waals surface area (Å²) in [6.07, 6.45) is 4.21. The fourth-order valence-corrected chi connectivity index (χ4v) is 3.43. The monoisotopic (exact) mass is 362 g/mol. The van der Waals surface area contributed by atoms with Crippen LogP contribution < -0.4 is 10.1 Å². The summed E-state index contributed by atoms with van der Waals surface area (Å²) >= 11 is 5.49. The van der Waals surface area contributed by atoms with Crippen molar-refractivity contribution in [3.05, 3.63) is 29.0 Å². The van der Waals surface area contributed by atoms with E-state index in [9.17, 15) is 0 Å². The van der Waals surface area contributed by atoms with Crippen molar-refractivity contribution in [3.63, 3.8) is 0 Å². The van der Waals surface area contributed by atoms with Gasteiger partial charge in [0, 0.05) is 25.2 Å². The van der Waals surface area contributed by atoms with E-state index in [0.717, 1.165) is 47.6 Å². The molecule has 2 heterocycles. The lowest BCUT2D eigenvalue weighted by atomic mass is 10.1. The summed E-state index contributed by atoms with van der Waals surface area (Å²) in [5.41, 5.74) is 2.00. The highest BCUT2D eigenvalue weighted by Crippen LogP contribution is 2.20. The number of piperidine rings is 1. The van der Waals surface area contributed by atoms with Gasteiger partial charge in [0.15, 0.2) is 0 Å². The molecule has 1 aliphatic rings. The number of benzene rings is 1. The van der Waals surface area contributed by atoms with E-state index in [2.05, 4.69) is 26.8 Å². The summed E-state index contributed by atoms with van der Waals surface area (Å²) in [6, 6.07) is 6.61. The summed E-state index contributed by atoms with van der Waals surface area (Å²) in [6.45, 7) is 8.19. The SMILES string of the molecule is CC.CNC1CCN(CCn2c(=S)cnc3ccc(OC)cc32)CC1. The Balaban J connectivity index is 0.00000109. The molecule has 2 aromatic rings. The van der Waals surface area contributed by atoms with Gasteiger partial charge in [0.05, 0.1) is 24.3 Å². The Morgan fingerprint density at radius 2 is 1.96 bits per heavy atom. The molecule has 1 aromatic heterocycles. The topological polar surface area (TPSA) is 42.3 Å². The van der Waals surface area contributed by atoms with Gasteiger partial charge < -0.3 is 19.5 Å². The molecule has 0 unspecified atom stereocenters. The molecule has 0 aliphatic carbocycles. The highest BCUT2D eigenvalue weighted by Gasteiger charge is 2.17. The van der Waals surface area contributed by atoms with Crippen LogP contribution in [0.25, 0.3) is 11.0 Å². The third-order valence-corrected chi connectivity index (χ3v) is 5.01. The largest absolute Gasteiger partial charge is 0.497 e. The van der Waals surface area contributed by atoms with Crippen molar-refractivity contribution < 1.29 is 4.74 Å². The standard InChI is InChI=1S/C17H24N4OS.C2H6/c1-18-13-5-7-20(8-6-13)9-10-21-16-11-14(22-2)3-4-15(16)19-12-17(21)23;1-2/h3-4,11-13,18H,5-10H2,1-2H3;1-2H3. The first-order chi connectivity index (χ1) is 12.2. The third kappa shape index (κ3) is 5.00. The molecule has 1 aromatic carbocycles. The third-order valence-electron chi connectivity index (χ3n) is 4.69. The maximum Gasteiger partial charge on any atom is 0.124 e. The zero-order valence-electron chi connectivity index (χ0n) is 15.8. The maximum absolute atomic E-state index is 5.49. The van der Waals surface area contributed by atoms with Gasteiger partial charge in [0.25, 0.3) is 0 Å². The number of hydrogen-bond donors (Lipinski definition) is 1. The van der Waals surface area contributed by atoms with Crippen LogP contribution in [0.5, 0.6) is 5.75 Å². The van der Waals surface area contributed by atoms with Crippen LogP contribution in [-0.2, 0) is 6.54 Å². The predicted octanol–water partition coefficient (Wildman–Crippen LogP) is 3.48. The summed E-state index contributed by atoms with van der Waals surface area (Å²) in [4.78, 5) is 6.95. The number of nitrogens with one attached hydrogen (secondary N) is 1. The number of ether oxygens (including phenoxy) is 1. The molecular formula is C19H30N4OS. The molecule has 0 spiro atoms. The molecule has 0 radical (unpaired) electrons. The van der Waals surface area contributed by atoms with E-state index in [4.69, 9.17) is 17.0 Å². The van der Waals surface area contributed by atoms with Gasteiger partial charge in [-0.15, -0.1) is 0 Å². The van der Waals surface area contributed by atoms with E-state index in [0.29, 0.717) is 6.04 Å². The minimum atomic E-state index is 0.666. The number of likely N-dealkylation sites (tertiary alicyclic amines) is 1. The van der Waals surface area contributed by atoms with Crippen molar-refractivity contribution >= 4 is 23.3 Å². The lowest BCUT2D eigenvalue weighted by Gasteiger charge is -2.32. The van der Waals surface area contributed by atoms with Gasteiger partial charge in [0.2, 0.25) is 0 Å². The van der Waals surface area contributed by atoms with Crippen molar-refractivity contribution in [2.75, 3.05) is 33.8 Å². The number of methoxy groups -OCH3 is 1. The molecule has 0 atom stereocenters. The molecule has 1 fully saturated rings. The number of fused-ring (bicyclic) bond motifs is 1. The molecule has 1 aliphatic heterocycles. The zero-order chi connectivity index (χ0) is 18.2. The Hall–Kier alpha value is -1.50. The van der Waals surface area contributed by atoms with Crippen molar-refractivity contribution in [2.24, 2.45) is 0 Å². The predicted molar refractivity (Wildman–Crippen MR) is 107 cm³/mol. The lowest BCUT2D eigenvalue weighted by Crippen LogP contribution is -2.42. The van der Waals surface area contributed by atoms with E-state index in [1.54, 1.807) is 13.3 Å². The van der Waals surface area contributed by atoms with Crippen LogP contribution in [0.1, 0.15) is 26.7 Å². The van der Waals surface area contributed by atoms with Crippen molar-refractivity contribution in [2.45, 2.75) is 39.3 Å². The van der Waals surface area contributed by atoms with E-state index in [1.165, 1.54) is 12.8 Å². The first-order valence-corrected chi connectivity index (χ1v) is 9.55. The fourth-order valence-electron chi connectivity index (χ4n) is 3.19. The van der Waals surface area contributed by atoms with Crippen molar-refractivity contribution in [1.82, 2.24) is 19.8 Å². The van der Waals surface area contributed by atoms with Crippen LogP contribution in [0, 0.1) is 4.64 Å². The molecule has 1 N–H and O–H groups in total. The van der Waals surface area contributed by atoms with Gasteiger partial charge in [-0.05, 0) is 45.1 Å². The molecule has 6 heteroatoms. The van der Waals surface area contributed by atoms with E-state index >= 15 is 0 Å². The van der Waals surface area contributed by atoms with E-state index < -0.39 is 0 Å². The Kier molecular flexibility index (Phi) is 7.81. The maximum atomic E-state index is 5.49. The molecule has 1 saturated heterocycles. The highest BCUT2D eigenvalue weighted by atomic mass is 32.1. The second-order valence-corrected chi connectivity index (χ2v) is 6.43. The average molecular weight is 363 g/mol. The molecule has 3 rings (SSSR count). The number of aromatic nitrogens is 2. The van der Waals surface area contributed by atoms with Crippen LogP contribution in [0.3, 0.4) is 0 Å². The van der Waals surface area contributed by atoms with Crippen LogP contribution in [0.2, 0.25) is 0 Å². The first kappa shape index (κ1) is 19.8. The molecule has 0 amide bonds. The second kappa shape index (κ2) is 9.85. The summed E-state index contributed by atoms with van der Waals surface area (Å²) < 4.78 is 8.29. The van der Waals surface area contributed by atoms with Crippen molar-refractivity contribution in [3.8, 4) is 5.75 Å². The van der Waals surface area contributed by atoms with Crippen LogP contribution in [0.15, 0.2) is 24.4 Å². The fraction of sp³-hybridized carbons (Fsp3) is 0.579. The van der Waals surface area contributed by atoms with Gasteiger partial charge in [-0.2, -0.15) is 0 Å². The van der Waals surface area contributed by atoms with Crippen LogP contribution in [0.4, 0.5) is 0 Å². The van der Waals surface area contributed by atoms with Gasteiger partial charge in [0.1, 0.15) is 10.4 Å². The summed E-state index contributed by atoms with van der Waals surface area (Å²) in [7, 11) is 3.73. The van der Waals surface area contributed by atoms with Crippen molar-refractivity contribution in [1.29, 1.82) is 0 Å². The Bertz CT molecular complexity index is 723. The Morgan fingerprint density at radius 1 is 1.24 bits per heavy atom. The Morgan fingerprint density at radius 3 is 2.60 bits per heavy atom. The molecule has 138 valence electrons. The van der Waals surface area contributed by atoms with Gasteiger partial charge in [-0.1, -0.05) is 26.1 Å². The van der Waals surface area contributed by atoms with E-state index in [-0.39, 0.29) is 0 Å². The summed E-state index contributed by atoms with van der Waals surface area (Å²) in [5.74, 6) is 0.837. The van der Waals surface area contributed by atoms with E-state index in [1.807, 2.05) is 32.0 Å². The summed E-state index contributed by atoms with van der Waals surface area (Å²) in [5, 5.41) is 3.37.